The largest absolute Gasteiger partial charge is 0.348 e. The van der Waals surface area contributed by atoms with E-state index in [0.717, 1.165) is 32.2 Å². The van der Waals surface area contributed by atoms with E-state index in [1.54, 1.807) is 19.0 Å². The topological polar surface area (TPSA) is 40.6 Å². The molecule has 1 amide bonds. The molecule has 0 atom stereocenters. The molecule has 1 fully saturated rings. The maximum absolute atomic E-state index is 11.4. The van der Waals surface area contributed by atoms with Gasteiger partial charge in [0.05, 0.1) is 6.54 Å². The first-order valence-corrected chi connectivity index (χ1v) is 5.01. The first kappa shape index (κ1) is 11.2. The van der Waals surface area contributed by atoms with Gasteiger partial charge in [-0.15, -0.1) is 0 Å². The number of carbonyl (C=O) groups excluding carboxylic acids is 2. The van der Waals surface area contributed by atoms with Crippen LogP contribution in [-0.2, 0) is 9.59 Å². The van der Waals surface area contributed by atoms with Gasteiger partial charge in [0.25, 0.3) is 0 Å². The normalized spacial score (nSPS) is 19.3. The number of hydrogen-bond donors (Lipinski definition) is 0. The molecule has 0 spiro atoms. The van der Waals surface area contributed by atoms with Crippen LogP contribution in [0.1, 0.15) is 12.8 Å². The number of carbonyl (C=O) groups is 2. The highest BCUT2D eigenvalue weighted by Crippen LogP contribution is 2.14. The predicted molar refractivity (Wildman–Crippen MR) is 53.9 cm³/mol. The molecule has 1 heterocycles. The van der Waals surface area contributed by atoms with E-state index in [1.165, 1.54) is 0 Å². The maximum Gasteiger partial charge on any atom is 0.236 e. The van der Waals surface area contributed by atoms with E-state index >= 15 is 0 Å². The summed E-state index contributed by atoms with van der Waals surface area (Å²) in [7, 11) is 3.53. The molecule has 0 bridgehead atoms. The van der Waals surface area contributed by atoms with Gasteiger partial charge in [0, 0.05) is 20.0 Å². The number of likely N-dealkylation sites (tertiary alicyclic amines) is 1. The van der Waals surface area contributed by atoms with Crippen LogP contribution in [0.5, 0.6) is 0 Å². The minimum absolute atomic E-state index is 0.134. The van der Waals surface area contributed by atoms with Crippen molar-refractivity contribution in [3.05, 3.63) is 0 Å². The van der Waals surface area contributed by atoms with E-state index in [9.17, 15) is 9.59 Å². The molecule has 4 nitrogen and oxygen atoms in total. The Labute approximate surface area is 84.9 Å². The van der Waals surface area contributed by atoms with Gasteiger partial charge in [0.2, 0.25) is 5.91 Å². The van der Waals surface area contributed by atoms with Crippen LogP contribution in [-0.4, -0.2) is 55.7 Å². The van der Waals surface area contributed by atoms with E-state index in [2.05, 4.69) is 4.90 Å². The molecule has 0 saturated carbocycles. The van der Waals surface area contributed by atoms with Crippen molar-refractivity contribution in [2.75, 3.05) is 33.7 Å². The third kappa shape index (κ3) is 3.10. The summed E-state index contributed by atoms with van der Waals surface area (Å²) in [6.45, 7) is 2.21. The zero-order valence-electron chi connectivity index (χ0n) is 8.90. The SMILES string of the molecule is CN(C)C(=O)CN1CCC(C=O)CC1. The van der Waals surface area contributed by atoms with Crippen molar-refractivity contribution in [3.8, 4) is 0 Å². The number of rotatable bonds is 3. The molecule has 0 aliphatic carbocycles. The van der Waals surface area contributed by atoms with Gasteiger partial charge < -0.3 is 9.69 Å². The van der Waals surface area contributed by atoms with Crippen molar-refractivity contribution in [3.63, 3.8) is 0 Å². The van der Waals surface area contributed by atoms with Crippen LogP contribution in [0.4, 0.5) is 0 Å². The monoisotopic (exact) mass is 198 g/mol. The number of amides is 1. The van der Waals surface area contributed by atoms with E-state index in [4.69, 9.17) is 0 Å². The summed E-state index contributed by atoms with van der Waals surface area (Å²) in [6.07, 6.45) is 2.82. The lowest BCUT2D eigenvalue weighted by Gasteiger charge is -2.29. The number of likely N-dealkylation sites (N-methyl/N-ethyl adjacent to an activating group) is 1. The smallest absolute Gasteiger partial charge is 0.236 e. The Balaban J connectivity index is 2.28. The second-order valence-corrected chi connectivity index (χ2v) is 4.04. The molecule has 0 aromatic heterocycles. The second kappa shape index (κ2) is 5.10. The van der Waals surface area contributed by atoms with Crippen LogP contribution in [0.3, 0.4) is 0 Å². The average Bonchev–Trinajstić information content (AvgIpc) is 2.19. The van der Waals surface area contributed by atoms with Gasteiger partial charge in [-0.2, -0.15) is 0 Å². The number of piperidine rings is 1. The Kier molecular flexibility index (Phi) is 4.07. The highest BCUT2D eigenvalue weighted by Gasteiger charge is 2.20. The Hall–Kier alpha value is -0.900. The van der Waals surface area contributed by atoms with Crippen molar-refractivity contribution in [1.82, 2.24) is 9.80 Å². The summed E-state index contributed by atoms with van der Waals surface area (Å²) in [5.41, 5.74) is 0. The van der Waals surface area contributed by atoms with Crippen LogP contribution < -0.4 is 0 Å². The van der Waals surface area contributed by atoms with Crippen molar-refractivity contribution in [2.45, 2.75) is 12.8 Å². The van der Waals surface area contributed by atoms with Gasteiger partial charge in [-0.1, -0.05) is 0 Å². The van der Waals surface area contributed by atoms with E-state index in [0.29, 0.717) is 6.54 Å². The predicted octanol–water partition coefficient (Wildman–Crippen LogP) is -0.0145. The maximum atomic E-state index is 11.4. The Morgan fingerprint density at radius 2 is 2.00 bits per heavy atom. The molecule has 4 heteroatoms. The first-order chi connectivity index (χ1) is 6.63. The molecule has 14 heavy (non-hydrogen) atoms. The Bertz CT molecular complexity index is 208. The van der Waals surface area contributed by atoms with Crippen molar-refractivity contribution >= 4 is 12.2 Å². The fourth-order valence-electron chi connectivity index (χ4n) is 1.58. The minimum Gasteiger partial charge on any atom is -0.348 e. The van der Waals surface area contributed by atoms with E-state index in [1.807, 2.05) is 0 Å². The lowest BCUT2D eigenvalue weighted by atomic mass is 9.99. The summed E-state index contributed by atoms with van der Waals surface area (Å²) in [5.74, 6) is 0.343. The van der Waals surface area contributed by atoms with Crippen molar-refractivity contribution in [2.24, 2.45) is 5.92 Å². The molecule has 0 N–H and O–H groups in total. The minimum atomic E-state index is 0.134. The van der Waals surface area contributed by atoms with Crippen LogP contribution in [0.25, 0.3) is 0 Å². The Morgan fingerprint density at radius 3 is 2.43 bits per heavy atom. The number of nitrogens with zero attached hydrogens (tertiary/aromatic N) is 2. The summed E-state index contributed by atoms with van der Waals surface area (Å²) in [5, 5.41) is 0. The zero-order chi connectivity index (χ0) is 10.6. The summed E-state index contributed by atoms with van der Waals surface area (Å²) in [6, 6.07) is 0. The van der Waals surface area contributed by atoms with Crippen LogP contribution in [0, 0.1) is 5.92 Å². The van der Waals surface area contributed by atoms with Gasteiger partial charge in [0.15, 0.2) is 0 Å². The molecule has 0 unspecified atom stereocenters. The lowest BCUT2D eigenvalue weighted by Crippen LogP contribution is -2.41. The molecule has 0 radical (unpaired) electrons. The molecule has 0 aromatic rings. The Morgan fingerprint density at radius 1 is 1.43 bits per heavy atom. The second-order valence-electron chi connectivity index (χ2n) is 4.04. The highest BCUT2D eigenvalue weighted by molar-refractivity contribution is 5.77. The molecule has 0 aromatic carbocycles. The number of aldehydes is 1. The van der Waals surface area contributed by atoms with Crippen LogP contribution >= 0.6 is 0 Å². The quantitative estimate of drug-likeness (QED) is 0.599. The zero-order valence-corrected chi connectivity index (χ0v) is 8.90. The molecule has 1 aliphatic heterocycles. The standard InChI is InChI=1S/C10H18N2O2/c1-11(2)10(14)7-12-5-3-9(8-13)4-6-12/h8-9H,3-7H2,1-2H3. The molecular formula is C10H18N2O2. The molecule has 1 saturated heterocycles. The van der Waals surface area contributed by atoms with E-state index < -0.39 is 0 Å². The van der Waals surface area contributed by atoms with Crippen molar-refractivity contribution < 1.29 is 9.59 Å². The van der Waals surface area contributed by atoms with Gasteiger partial charge in [-0.25, -0.2) is 0 Å². The summed E-state index contributed by atoms with van der Waals surface area (Å²) in [4.78, 5) is 25.6. The van der Waals surface area contributed by atoms with Gasteiger partial charge in [-0.3, -0.25) is 9.69 Å². The average molecular weight is 198 g/mol. The molecule has 1 rings (SSSR count). The third-order valence-electron chi connectivity index (χ3n) is 2.68. The van der Waals surface area contributed by atoms with E-state index in [-0.39, 0.29) is 11.8 Å². The summed E-state index contributed by atoms with van der Waals surface area (Å²) < 4.78 is 0. The highest BCUT2D eigenvalue weighted by atomic mass is 16.2. The van der Waals surface area contributed by atoms with Gasteiger partial charge in [-0.05, 0) is 25.9 Å². The third-order valence-corrected chi connectivity index (χ3v) is 2.68. The van der Waals surface area contributed by atoms with Crippen molar-refractivity contribution in [1.29, 1.82) is 0 Å². The molecule has 80 valence electrons. The van der Waals surface area contributed by atoms with Crippen LogP contribution in [0.15, 0.2) is 0 Å². The summed E-state index contributed by atoms with van der Waals surface area (Å²) >= 11 is 0. The lowest BCUT2D eigenvalue weighted by molar-refractivity contribution is -0.130. The molecular weight excluding hydrogens is 180 g/mol. The fraction of sp³-hybridized carbons (Fsp3) is 0.800. The van der Waals surface area contributed by atoms with Gasteiger partial charge in [0.1, 0.15) is 6.29 Å². The number of hydrogen-bond acceptors (Lipinski definition) is 3. The van der Waals surface area contributed by atoms with Crippen LogP contribution in [0.2, 0.25) is 0 Å². The molecule has 1 aliphatic rings. The fourth-order valence-corrected chi connectivity index (χ4v) is 1.58. The van der Waals surface area contributed by atoms with Gasteiger partial charge >= 0.3 is 0 Å². The first-order valence-electron chi connectivity index (χ1n) is 5.01.